The van der Waals surface area contributed by atoms with Gasteiger partial charge in [-0.3, -0.25) is 4.79 Å². The van der Waals surface area contributed by atoms with Crippen molar-refractivity contribution in [2.45, 2.75) is 0 Å². The fourth-order valence-corrected chi connectivity index (χ4v) is 3.05. The number of amides is 1. The van der Waals surface area contributed by atoms with E-state index in [9.17, 15) is 4.79 Å². The van der Waals surface area contributed by atoms with Crippen LogP contribution < -0.4 is 30.0 Å². The summed E-state index contributed by atoms with van der Waals surface area (Å²) in [6.07, 6.45) is 5.23. The van der Waals surface area contributed by atoms with Crippen molar-refractivity contribution >= 4 is 29.6 Å². The Hall–Kier alpha value is -4.20. The largest absolute Gasteiger partial charge is 0.495 e. The summed E-state index contributed by atoms with van der Waals surface area (Å²) in [7, 11) is 6.24. The van der Waals surface area contributed by atoms with Crippen LogP contribution in [0.15, 0.2) is 48.7 Å². The van der Waals surface area contributed by atoms with Gasteiger partial charge in [-0.1, -0.05) is 18.2 Å². The molecular formula is C24H25N3O5. The summed E-state index contributed by atoms with van der Waals surface area (Å²) in [4.78, 5) is 16.5. The molecule has 0 aliphatic rings. The van der Waals surface area contributed by atoms with Gasteiger partial charge in [0.2, 0.25) is 5.75 Å². The Labute approximate surface area is 186 Å². The van der Waals surface area contributed by atoms with E-state index in [0.29, 0.717) is 40.1 Å². The second-order valence-corrected chi connectivity index (χ2v) is 6.68. The molecule has 1 amide bonds. The number of nitrogen functional groups attached to an aromatic ring is 1. The molecule has 3 aromatic rings. The Morgan fingerprint density at radius 2 is 1.50 bits per heavy atom. The lowest BCUT2D eigenvalue weighted by Gasteiger charge is -2.13. The molecule has 0 radical (unpaired) electrons. The molecule has 0 saturated carbocycles. The second-order valence-electron chi connectivity index (χ2n) is 6.68. The summed E-state index contributed by atoms with van der Waals surface area (Å²) in [5.74, 6) is 2.21. The Balaban J connectivity index is 1.87. The topological polar surface area (TPSA) is 105 Å². The lowest BCUT2D eigenvalue weighted by Crippen LogP contribution is -2.13. The molecule has 8 nitrogen and oxygen atoms in total. The van der Waals surface area contributed by atoms with Crippen molar-refractivity contribution in [2.75, 3.05) is 39.5 Å². The Kier molecular flexibility index (Phi) is 7.17. The minimum absolute atomic E-state index is 0.318. The summed E-state index contributed by atoms with van der Waals surface area (Å²) in [6, 6.07) is 12.4. The number of benzene rings is 2. The predicted molar refractivity (Wildman–Crippen MR) is 125 cm³/mol. The smallest absolute Gasteiger partial charge is 0.257 e. The molecule has 0 bridgehead atoms. The first-order valence-corrected chi connectivity index (χ1v) is 9.68. The molecule has 32 heavy (non-hydrogen) atoms. The van der Waals surface area contributed by atoms with Crippen molar-refractivity contribution in [3.05, 3.63) is 65.4 Å². The van der Waals surface area contributed by atoms with Crippen LogP contribution in [0.25, 0.3) is 12.2 Å². The molecule has 0 aliphatic carbocycles. The molecule has 8 heteroatoms. The summed E-state index contributed by atoms with van der Waals surface area (Å²) >= 11 is 0. The van der Waals surface area contributed by atoms with Gasteiger partial charge in [0, 0.05) is 6.20 Å². The molecule has 0 fully saturated rings. The van der Waals surface area contributed by atoms with E-state index in [1.807, 2.05) is 36.4 Å². The zero-order valence-electron chi connectivity index (χ0n) is 18.3. The highest BCUT2D eigenvalue weighted by Gasteiger charge is 2.13. The van der Waals surface area contributed by atoms with Crippen LogP contribution in [0, 0.1) is 0 Å². The molecule has 2 aromatic carbocycles. The summed E-state index contributed by atoms with van der Waals surface area (Å²) in [5.41, 5.74) is 8.21. The molecule has 1 aromatic heterocycles. The third-order valence-corrected chi connectivity index (χ3v) is 4.68. The number of hydrogen-bond donors (Lipinski definition) is 2. The minimum atomic E-state index is -0.318. The minimum Gasteiger partial charge on any atom is -0.495 e. The van der Waals surface area contributed by atoms with E-state index in [2.05, 4.69) is 10.3 Å². The van der Waals surface area contributed by atoms with Gasteiger partial charge in [-0.2, -0.15) is 0 Å². The first-order chi connectivity index (χ1) is 15.5. The van der Waals surface area contributed by atoms with Crippen molar-refractivity contribution in [1.82, 2.24) is 4.98 Å². The lowest BCUT2D eigenvalue weighted by molar-refractivity contribution is 0.102. The second kappa shape index (κ2) is 10.2. The predicted octanol–water partition coefficient (Wildman–Crippen LogP) is 4.12. The molecule has 0 aliphatic heterocycles. The third kappa shape index (κ3) is 5.10. The van der Waals surface area contributed by atoms with Gasteiger partial charge in [0.25, 0.3) is 5.91 Å². The molecule has 1 heterocycles. The number of aromatic nitrogens is 1. The molecule has 0 saturated heterocycles. The van der Waals surface area contributed by atoms with Crippen LogP contribution in [0.2, 0.25) is 0 Å². The standard InChI is InChI=1S/C24H25N3O5/c1-29-19-9-7-15(11-18(19)27-24(28)17-8-10-22(25)26-14-17)5-6-16-12-20(30-2)23(32-4)21(13-16)31-3/h5-14H,1-4H3,(H2,25,26)(H,27,28). The fraction of sp³-hybridized carbons (Fsp3) is 0.167. The average Bonchev–Trinajstić information content (AvgIpc) is 2.82. The number of pyridine rings is 1. The van der Waals surface area contributed by atoms with E-state index in [1.54, 1.807) is 46.6 Å². The van der Waals surface area contributed by atoms with Gasteiger partial charge in [0.1, 0.15) is 11.6 Å². The van der Waals surface area contributed by atoms with Gasteiger partial charge in [-0.15, -0.1) is 0 Å². The van der Waals surface area contributed by atoms with Crippen molar-refractivity contribution in [3.8, 4) is 23.0 Å². The van der Waals surface area contributed by atoms with Crippen molar-refractivity contribution in [1.29, 1.82) is 0 Å². The van der Waals surface area contributed by atoms with Crippen LogP contribution in [0.1, 0.15) is 21.5 Å². The van der Waals surface area contributed by atoms with E-state index in [-0.39, 0.29) is 5.91 Å². The van der Waals surface area contributed by atoms with Gasteiger partial charge in [0.15, 0.2) is 11.5 Å². The summed E-state index contributed by atoms with van der Waals surface area (Å²) in [5, 5.41) is 2.85. The van der Waals surface area contributed by atoms with E-state index < -0.39 is 0 Å². The summed E-state index contributed by atoms with van der Waals surface area (Å²) in [6.45, 7) is 0. The molecule has 3 rings (SSSR count). The number of nitrogens with zero attached hydrogens (tertiary/aromatic N) is 1. The first kappa shape index (κ1) is 22.5. The Morgan fingerprint density at radius 3 is 2.06 bits per heavy atom. The number of carbonyl (C=O) groups excluding carboxylic acids is 1. The highest BCUT2D eigenvalue weighted by atomic mass is 16.5. The monoisotopic (exact) mass is 435 g/mol. The van der Waals surface area contributed by atoms with Crippen LogP contribution in [0.4, 0.5) is 11.5 Å². The maximum atomic E-state index is 12.6. The van der Waals surface area contributed by atoms with Crippen LogP contribution in [-0.4, -0.2) is 39.3 Å². The Bertz CT molecular complexity index is 1100. The molecule has 3 N–H and O–H groups in total. The first-order valence-electron chi connectivity index (χ1n) is 9.68. The molecule has 0 spiro atoms. The number of rotatable bonds is 8. The van der Waals surface area contributed by atoms with Crippen LogP contribution in [-0.2, 0) is 0 Å². The third-order valence-electron chi connectivity index (χ3n) is 4.68. The van der Waals surface area contributed by atoms with Crippen molar-refractivity contribution in [3.63, 3.8) is 0 Å². The summed E-state index contributed by atoms with van der Waals surface area (Å²) < 4.78 is 21.5. The number of ether oxygens (including phenoxy) is 4. The fourth-order valence-electron chi connectivity index (χ4n) is 3.05. The highest BCUT2D eigenvalue weighted by molar-refractivity contribution is 6.05. The normalized spacial score (nSPS) is 10.6. The molecule has 0 unspecified atom stereocenters. The number of nitrogens with two attached hydrogens (primary N) is 1. The molecular weight excluding hydrogens is 410 g/mol. The average molecular weight is 435 g/mol. The van der Waals surface area contributed by atoms with E-state index in [0.717, 1.165) is 11.1 Å². The number of anilines is 2. The maximum Gasteiger partial charge on any atom is 0.257 e. The SMILES string of the molecule is COc1ccc(C=Cc2cc(OC)c(OC)c(OC)c2)cc1NC(=O)c1ccc(N)nc1. The van der Waals surface area contributed by atoms with Gasteiger partial charge in [0.05, 0.1) is 39.7 Å². The zero-order chi connectivity index (χ0) is 23.1. The lowest BCUT2D eigenvalue weighted by atomic mass is 10.1. The zero-order valence-corrected chi connectivity index (χ0v) is 18.3. The number of carbonyl (C=O) groups is 1. The van der Waals surface area contributed by atoms with Gasteiger partial charge in [-0.05, 0) is 47.5 Å². The quantitative estimate of drug-likeness (QED) is 0.513. The Morgan fingerprint density at radius 1 is 0.844 bits per heavy atom. The van der Waals surface area contributed by atoms with Crippen molar-refractivity contribution in [2.24, 2.45) is 0 Å². The molecule has 166 valence electrons. The van der Waals surface area contributed by atoms with Crippen LogP contribution in [0.3, 0.4) is 0 Å². The van der Waals surface area contributed by atoms with E-state index >= 15 is 0 Å². The number of hydrogen-bond acceptors (Lipinski definition) is 7. The van der Waals surface area contributed by atoms with Gasteiger partial charge >= 0.3 is 0 Å². The van der Waals surface area contributed by atoms with Gasteiger partial charge in [-0.25, -0.2) is 4.98 Å². The van der Waals surface area contributed by atoms with Crippen LogP contribution >= 0.6 is 0 Å². The van der Waals surface area contributed by atoms with Crippen molar-refractivity contribution < 1.29 is 23.7 Å². The van der Waals surface area contributed by atoms with E-state index in [1.165, 1.54) is 6.20 Å². The van der Waals surface area contributed by atoms with Gasteiger partial charge < -0.3 is 30.0 Å². The van der Waals surface area contributed by atoms with Crippen LogP contribution in [0.5, 0.6) is 23.0 Å². The van der Waals surface area contributed by atoms with E-state index in [4.69, 9.17) is 24.7 Å². The highest BCUT2D eigenvalue weighted by Crippen LogP contribution is 2.38. The number of methoxy groups -OCH3 is 4. The number of nitrogens with one attached hydrogen (secondary N) is 1. The maximum absolute atomic E-state index is 12.6. The molecule has 0 atom stereocenters.